The Morgan fingerprint density at radius 3 is 1.83 bits per heavy atom. The van der Waals surface area contributed by atoms with E-state index in [0.717, 1.165) is 16.9 Å². The van der Waals surface area contributed by atoms with Gasteiger partial charge in [-0.2, -0.15) is 0 Å². The van der Waals surface area contributed by atoms with Crippen molar-refractivity contribution in [3.8, 4) is 0 Å². The molecule has 0 radical (unpaired) electrons. The SMILES string of the molecule is Fc1ccc(CNc2cc(NCc3ccc(Cl)cc3)ncn2)cc1. The van der Waals surface area contributed by atoms with E-state index in [1.165, 1.54) is 18.5 Å². The molecule has 122 valence electrons. The van der Waals surface area contributed by atoms with Gasteiger partial charge in [0.2, 0.25) is 0 Å². The van der Waals surface area contributed by atoms with Crippen LogP contribution in [0.3, 0.4) is 0 Å². The van der Waals surface area contributed by atoms with Gasteiger partial charge >= 0.3 is 0 Å². The highest BCUT2D eigenvalue weighted by molar-refractivity contribution is 6.30. The zero-order chi connectivity index (χ0) is 16.8. The van der Waals surface area contributed by atoms with Gasteiger partial charge in [-0.1, -0.05) is 35.9 Å². The lowest BCUT2D eigenvalue weighted by Crippen LogP contribution is -2.05. The first-order chi connectivity index (χ1) is 11.7. The first kappa shape index (κ1) is 16.2. The molecule has 0 aliphatic rings. The largest absolute Gasteiger partial charge is 0.366 e. The van der Waals surface area contributed by atoms with Crippen molar-refractivity contribution in [2.45, 2.75) is 13.1 Å². The molecule has 3 aromatic rings. The van der Waals surface area contributed by atoms with E-state index in [-0.39, 0.29) is 5.82 Å². The molecular formula is C18H16ClFN4. The van der Waals surface area contributed by atoms with Crippen LogP contribution in [0, 0.1) is 5.82 Å². The van der Waals surface area contributed by atoms with Crippen LogP contribution in [-0.4, -0.2) is 9.97 Å². The van der Waals surface area contributed by atoms with Crippen molar-refractivity contribution in [2.24, 2.45) is 0 Å². The topological polar surface area (TPSA) is 49.8 Å². The predicted octanol–water partition coefficient (Wildman–Crippen LogP) is 4.49. The number of anilines is 2. The lowest BCUT2D eigenvalue weighted by molar-refractivity contribution is 0.627. The molecule has 0 saturated carbocycles. The van der Waals surface area contributed by atoms with Gasteiger partial charge in [-0.05, 0) is 35.4 Å². The zero-order valence-electron chi connectivity index (χ0n) is 12.8. The molecule has 1 aromatic heterocycles. The Hall–Kier alpha value is -2.66. The third-order valence-corrected chi connectivity index (χ3v) is 3.69. The summed E-state index contributed by atoms with van der Waals surface area (Å²) in [6, 6.07) is 15.8. The summed E-state index contributed by atoms with van der Waals surface area (Å²) < 4.78 is 12.9. The lowest BCUT2D eigenvalue weighted by Gasteiger charge is -2.09. The number of nitrogens with one attached hydrogen (secondary N) is 2. The molecule has 0 amide bonds. The van der Waals surface area contributed by atoms with Crippen molar-refractivity contribution in [1.29, 1.82) is 0 Å². The Morgan fingerprint density at radius 1 is 0.792 bits per heavy atom. The molecular weight excluding hydrogens is 327 g/mol. The molecule has 4 nitrogen and oxygen atoms in total. The summed E-state index contributed by atoms with van der Waals surface area (Å²) in [4.78, 5) is 8.39. The van der Waals surface area contributed by atoms with Crippen LogP contribution in [0.4, 0.5) is 16.0 Å². The Bertz CT molecular complexity index is 726. The third kappa shape index (κ3) is 4.67. The first-order valence-electron chi connectivity index (χ1n) is 7.48. The summed E-state index contributed by atoms with van der Waals surface area (Å²) in [5, 5.41) is 7.15. The minimum atomic E-state index is -0.241. The van der Waals surface area contributed by atoms with E-state index in [2.05, 4.69) is 20.6 Å². The van der Waals surface area contributed by atoms with Crippen LogP contribution in [0.1, 0.15) is 11.1 Å². The number of aromatic nitrogens is 2. The second-order valence-corrected chi connectivity index (χ2v) is 5.68. The van der Waals surface area contributed by atoms with Crippen LogP contribution in [0.2, 0.25) is 5.02 Å². The molecule has 0 bridgehead atoms. The van der Waals surface area contributed by atoms with Gasteiger partial charge in [0.05, 0.1) is 0 Å². The number of rotatable bonds is 6. The van der Waals surface area contributed by atoms with Gasteiger partial charge in [-0.25, -0.2) is 14.4 Å². The van der Waals surface area contributed by atoms with Crippen molar-refractivity contribution in [1.82, 2.24) is 9.97 Å². The van der Waals surface area contributed by atoms with Crippen molar-refractivity contribution in [2.75, 3.05) is 10.6 Å². The Labute approximate surface area is 144 Å². The van der Waals surface area contributed by atoms with E-state index in [1.807, 2.05) is 30.3 Å². The summed E-state index contributed by atoms with van der Waals surface area (Å²) in [6.07, 6.45) is 1.50. The molecule has 2 N–H and O–H groups in total. The van der Waals surface area contributed by atoms with Crippen LogP contribution >= 0.6 is 11.6 Å². The molecule has 3 rings (SSSR count). The van der Waals surface area contributed by atoms with Crippen LogP contribution in [0.15, 0.2) is 60.9 Å². The molecule has 0 saturated heterocycles. The molecule has 6 heteroatoms. The highest BCUT2D eigenvalue weighted by Gasteiger charge is 2.00. The standard InChI is InChI=1S/C18H16ClFN4/c19-15-5-1-13(2-6-15)10-21-17-9-18(24-12-23-17)22-11-14-3-7-16(20)8-4-14/h1-9,12H,10-11H2,(H2,21,22,23,24). The van der Waals surface area contributed by atoms with Gasteiger partial charge in [-0.15, -0.1) is 0 Å². The monoisotopic (exact) mass is 342 g/mol. The summed E-state index contributed by atoms with van der Waals surface area (Å²) in [5.41, 5.74) is 2.09. The van der Waals surface area contributed by atoms with Crippen molar-refractivity contribution in [3.05, 3.63) is 82.9 Å². The minimum Gasteiger partial charge on any atom is -0.366 e. The van der Waals surface area contributed by atoms with Gasteiger partial charge in [-0.3, -0.25) is 0 Å². The van der Waals surface area contributed by atoms with Gasteiger partial charge < -0.3 is 10.6 Å². The lowest BCUT2D eigenvalue weighted by atomic mass is 10.2. The highest BCUT2D eigenvalue weighted by Crippen LogP contribution is 2.14. The number of nitrogens with zero attached hydrogens (tertiary/aromatic N) is 2. The molecule has 1 heterocycles. The summed E-state index contributed by atoms with van der Waals surface area (Å²) >= 11 is 5.87. The predicted molar refractivity (Wildman–Crippen MR) is 94.5 cm³/mol. The molecule has 0 aliphatic carbocycles. The molecule has 0 spiro atoms. The molecule has 2 aromatic carbocycles. The van der Waals surface area contributed by atoms with Gasteiger partial charge in [0.15, 0.2) is 0 Å². The maximum absolute atomic E-state index is 12.9. The minimum absolute atomic E-state index is 0.241. The average Bonchev–Trinajstić information content (AvgIpc) is 2.61. The van der Waals surface area contributed by atoms with E-state index >= 15 is 0 Å². The van der Waals surface area contributed by atoms with E-state index in [9.17, 15) is 4.39 Å². The molecule has 0 atom stereocenters. The van der Waals surface area contributed by atoms with Gasteiger partial charge in [0, 0.05) is 24.2 Å². The summed E-state index contributed by atoms with van der Waals surface area (Å²) in [5.74, 6) is 1.18. The second-order valence-electron chi connectivity index (χ2n) is 5.25. The smallest absolute Gasteiger partial charge is 0.131 e. The molecule has 0 aliphatic heterocycles. The fourth-order valence-corrected chi connectivity index (χ4v) is 2.27. The summed E-state index contributed by atoms with van der Waals surface area (Å²) in [6.45, 7) is 1.21. The maximum atomic E-state index is 12.9. The average molecular weight is 343 g/mol. The summed E-state index contributed by atoms with van der Waals surface area (Å²) in [7, 11) is 0. The third-order valence-electron chi connectivity index (χ3n) is 3.44. The van der Waals surface area contributed by atoms with E-state index in [0.29, 0.717) is 23.9 Å². The van der Waals surface area contributed by atoms with E-state index in [1.54, 1.807) is 12.1 Å². The molecule has 0 unspecified atom stereocenters. The fourth-order valence-electron chi connectivity index (χ4n) is 2.14. The normalized spacial score (nSPS) is 10.4. The van der Waals surface area contributed by atoms with Crippen molar-refractivity contribution >= 4 is 23.2 Å². The van der Waals surface area contributed by atoms with Crippen LogP contribution < -0.4 is 10.6 Å². The molecule has 24 heavy (non-hydrogen) atoms. The Kier molecular flexibility index (Phi) is 5.23. The van der Waals surface area contributed by atoms with Crippen molar-refractivity contribution in [3.63, 3.8) is 0 Å². The number of hydrogen-bond donors (Lipinski definition) is 2. The quantitative estimate of drug-likeness (QED) is 0.692. The van der Waals surface area contributed by atoms with E-state index < -0.39 is 0 Å². The van der Waals surface area contributed by atoms with Gasteiger partial charge in [0.25, 0.3) is 0 Å². The molecule has 0 fully saturated rings. The maximum Gasteiger partial charge on any atom is 0.131 e. The first-order valence-corrected chi connectivity index (χ1v) is 7.85. The highest BCUT2D eigenvalue weighted by atomic mass is 35.5. The number of hydrogen-bond acceptors (Lipinski definition) is 4. The van der Waals surface area contributed by atoms with Crippen molar-refractivity contribution < 1.29 is 4.39 Å². The van der Waals surface area contributed by atoms with Gasteiger partial charge in [0.1, 0.15) is 23.8 Å². The van der Waals surface area contributed by atoms with E-state index in [4.69, 9.17) is 11.6 Å². The van der Waals surface area contributed by atoms with Crippen LogP contribution in [-0.2, 0) is 13.1 Å². The Morgan fingerprint density at radius 2 is 1.29 bits per heavy atom. The van der Waals surface area contributed by atoms with Crippen LogP contribution in [0.25, 0.3) is 0 Å². The second kappa shape index (κ2) is 7.75. The zero-order valence-corrected chi connectivity index (χ0v) is 13.6. The number of benzene rings is 2. The number of halogens is 2. The fraction of sp³-hybridized carbons (Fsp3) is 0.111. The van der Waals surface area contributed by atoms with Crippen LogP contribution in [0.5, 0.6) is 0 Å². The Balaban J connectivity index is 1.57.